The quantitative estimate of drug-likeness (QED) is 0.766. The Kier molecular flexibility index (Phi) is 7.21. The number of nitrogens with zero attached hydrogens (tertiary/aromatic N) is 4. The van der Waals surface area contributed by atoms with Gasteiger partial charge in [0.2, 0.25) is 11.8 Å². The maximum absolute atomic E-state index is 12.7. The van der Waals surface area contributed by atoms with Crippen molar-refractivity contribution in [1.82, 2.24) is 19.7 Å². The van der Waals surface area contributed by atoms with Gasteiger partial charge in [-0.15, -0.1) is 0 Å². The van der Waals surface area contributed by atoms with Gasteiger partial charge in [-0.05, 0) is 50.4 Å². The predicted octanol–water partition coefficient (Wildman–Crippen LogP) is 1.95. The lowest BCUT2D eigenvalue weighted by Gasteiger charge is -2.40. The molecule has 1 atom stereocenters. The molecule has 1 aromatic rings. The highest BCUT2D eigenvalue weighted by Crippen LogP contribution is 2.18. The summed E-state index contributed by atoms with van der Waals surface area (Å²) in [5, 5.41) is 0. The van der Waals surface area contributed by atoms with E-state index in [1.807, 2.05) is 21.9 Å². The van der Waals surface area contributed by atoms with Crippen LogP contribution in [-0.2, 0) is 16.0 Å². The molecule has 3 heterocycles. The second-order valence-electron chi connectivity index (χ2n) is 7.79. The zero-order chi connectivity index (χ0) is 19.1. The van der Waals surface area contributed by atoms with Crippen molar-refractivity contribution in [1.29, 1.82) is 0 Å². The van der Waals surface area contributed by atoms with Gasteiger partial charge in [-0.3, -0.25) is 14.6 Å². The van der Waals surface area contributed by atoms with Gasteiger partial charge in [0.1, 0.15) is 0 Å². The van der Waals surface area contributed by atoms with E-state index in [1.54, 1.807) is 19.3 Å². The van der Waals surface area contributed by atoms with E-state index < -0.39 is 0 Å². The van der Waals surface area contributed by atoms with E-state index in [4.69, 9.17) is 0 Å². The van der Waals surface area contributed by atoms with Gasteiger partial charge in [0.05, 0.1) is 6.42 Å². The van der Waals surface area contributed by atoms with Crippen LogP contribution in [0.15, 0.2) is 24.5 Å². The third-order valence-electron chi connectivity index (χ3n) is 5.78. The molecule has 2 aliphatic heterocycles. The Morgan fingerprint density at radius 1 is 1.19 bits per heavy atom. The Bertz CT molecular complexity index is 616. The van der Waals surface area contributed by atoms with Crippen molar-refractivity contribution >= 4 is 11.8 Å². The van der Waals surface area contributed by atoms with Crippen LogP contribution in [0.1, 0.15) is 44.6 Å². The molecule has 1 aromatic heterocycles. The number of likely N-dealkylation sites (tertiary alicyclic amines) is 2. The van der Waals surface area contributed by atoms with Crippen molar-refractivity contribution in [2.24, 2.45) is 0 Å². The van der Waals surface area contributed by atoms with E-state index >= 15 is 0 Å². The summed E-state index contributed by atoms with van der Waals surface area (Å²) in [6.45, 7) is 7.10. The highest BCUT2D eigenvalue weighted by Gasteiger charge is 2.29. The molecular weight excluding hydrogens is 340 g/mol. The molecule has 27 heavy (non-hydrogen) atoms. The molecule has 6 nitrogen and oxygen atoms in total. The van der Waals surface area contributed by atoms with Crippen LogP contribution < -0.4 is 0 Å². The molecule has 0 bridgehead atoms. The number of pyridine rings is 1. The third-order valence-corrected chi connectivity index (χ3v) is 5.78. The topological polar surface area (TPSA) is 56.8 Å². The van der Waals surface area contributed by atoms with Gasteiger partial charge < -0.3 is 14.7 Å². The molecule has 0 radical (unpaired) electrons. The van der Waals surface area contributed by atoms with E-state index in [-0.39, 0.29) is 17.9 Å². The fourth-order valence-corrected chi connectivity index (χ4v) is 4.25. The average molecular weight is 373 g/mol. The largest absolute Gasteiger partial charge is 0.340 e. The third kappa shape index (κ3) is 5.76. The summed E-state index contributed by atoms with van der Waals surface area (Å²) >= 11 is 0. The van der Waals surface area contributed by atoms with Crippen LogP contribution in [0.5, 0.6) is 0 Å². The second kappa shape index (κ2) is 9.83. The minimum atomic E-state index is 0.124. The van der Waals surface area contributed by atoms with Crippen LogP contribution in [0, 0.1) is 0 Å². The summed E-state index contributed by atoms with van der Waals surface area (Å²) < 4.78 is 0. The Hall–Kier alpha value is -1.95. The summed E-state index contributed by atoms with van der Waals surface area (Å²) in [4.78, 5) is 35.5. The number of carbonyl (C=O) groups is 2. The number of hydrogen-bond acceptors (Lipinski definition) is 4. The average Bonchev–Trinajstić information content (AvgIpc) is 2.70. The number of piperidine rings is 2. The molecule has 2 aliphatic rings. The number of hydrogen-bond donors (Lipinski definition) is 0. The Balaban J connectivity index is 1.55. The number of rotatable bonds is 6. The number of aromatic nitrogens is 1. The lowest BCUT2D eigenvalue weighted by Crippen LogP contribution is -2.53. The molecule has 2 saturated heterocycles. The summed E-state index contributed by atoms with van der Waals surface area (Å²) in [5.41, 5.74) is 0.943. The zero-order valence-corrected chi connectivity index (χ0v) is 16.5. The maximum atomic E-state index is 12.7. The molecule has 0 spiro atoms. The fraction of sp³-hybridized carbons (Fsp3) is 0.667. The Morgan fingerprint density at radius 2 is 2.00 bits per heavy atom. The van der Waals surface area contributed by atoms with Crippen molar-refractivity contribution in [3.05, 3.63) is 30.1 Å². The number of amides is 2. The van der Waals surface area contributed by atoms with Crippen LogP contribution in [-0.4, -0.2) is 76.8 Å². The van der Waals surface area contributed by atoms with Gasteiger partial charge in [-0.25, -0.2) is 0 Å². The monoisotopic (exact) mass is 372 g/mol. The Morgan fingerprint density at radius 3 is 2.70 bits per heavy atom. The summed E-state index contributed by atoms with van der Waals surface area (Å²) in [5.74, 6) is 0.255. The summed E-state index contributed by atoms with van der Waals surface area (Å²) in [6, 6.07) is 3.94. The molecule has 0 aliphatic carbocycles. The first-order chi connectivity index (χ1) is 13.1. The van der Waals surface area contributed by atoms with E-state index in [9.17, 15) is 9.59 Å². The highest BCUT2D eigenvalue weighted by atomic mass is 16.2. The van der Waals surface area contributed by atoms with Crippen molar-refractivity contribution in [2.75, 3.05) is 39.3 Å². The molecule has 3 rings (SSSR count). The Labute approximate surface area is 162 Å². The highest BCUT2D eigenvalue weighted by molar-refractivity contribution is 5.79. The van der Waals surface area contributed by atoms with Gasteiger partial charge in [0, 0.05) is 51.5 Å². The lowest BCUT2D eigenvalue weighted by molar-refractivity contribution is -0.138. The predicted molar refractivity (Wildman–Crippen MR) is 105 cm³/mol. The second-order valence-corrected chi connectivity index (χ2v) is 7.79. The summed E-state index contributed by atoms with van der Waals surface area (Å²) in [6.07, 6.45) is 9.64. The van der Waals surface area contributed by atoms with E-state index in [0.29, 0.717) is 13.0 Å². The van der Waals surface area contributed by atoms with E-state index in [0.717, 1.165) is 51.1 Å². The van der Waals surface area contributed by atoms with Crippen molar-refractivity contribution in [3.8, 4) is 0 Å². The molecule has 1 unspecified atom stereocenters. The van der Waals surface area contributed by atoms with Crippen molar-refractivity contribution < 1.29 is 9.59 Å². The smallest absolute Gasteiger partial charge is 0.227 e. The molecule has 2 amide bonds. The minimum absolute atomic E-state index is 0.124. The van der Waals surface area contributed by atoms with Crippen molar-refractivity contribution in [2.45, 2.75) is 51.5 Å². The standard InChI is InChI=1S/C21H32N4O2/c1-18(26)25(14-13-23-10-3-2-4-11-23)20-8-6-12-24(17-20)21(27)15-19-7-5-9-22-16-19/h5,7,9,16,20H,2-4,6,8,10-15,17H2,1H3. The first kappa shape index (κ1) is 19.8. The molecule has 2 fully saturated rings. The normalized spacial score (nSPS) is 21.1. The first-order valence-electron chi connectivity index (χ1n) is 10.3. The zero-order valence-electron chi connectivity index (χ0n) is 16.5. The van der Waals surface area contributed by atoms with Crippen LogP contribution in [0.2, 0.25) is 0 Å². The van der Waals surface area contributed by atoms with Crippen molar-refractivity contribution in [3.63, 3.8) is 0 Å². The minimum Gasteiger partial charge on any atom is -0.340 e. The molecular formula is C21H32N4O2. The van der Waals surface area contributed by atoms with Crippen LogP contribution >= 0.6 is 0 Å². The van der Waals surface area contributed by atoms with E-state index in [1.165, 1.54) is 19.3 Å². The lowest BCUT2D eigenvalue weighted by atomic mass is 10.0. The van der Waals surface area contributed by atoms with Gasteiger partial charge in [0.15, 0.2) is 0 Å². The fourth-order valence-electron chi connectivity index (χ4n) is 4.25. The molecule has 0 saturated carbocycles. The summed E-state index contributed by atoms with van der Waals surface area (Å²) in [7, 11) is 0. The maximum Gasteiger partial charge on any atom is 0.227 e. The molecule has 6 heteroatoms. The molecule has 148 valence electrons. The van der Waals surface area contributed by atoms with Crippen LogP contribution in [0.3, 0.4) is 0 Å². The van der Waals surface area contributed by atoms with Crippen LogP contribution in [0.4, 0.5) is 0 Å². The molecule has 0 aromatic carbocycles. The molecule has 0 N–H and O–H groups in total. The van der Waals surface area contributed by atoms with Gasteiger partial charge in [-0.2, -0.15) is 0 Å². The van der Waals surface area contributed by atoms with Gasteiger partial charge in [-0.1, -0.05) is 12.5 Å². The van der Waals surface area contributed by atoms with Crippen LogP contribution in [0.25, 0.3) is 0 Å². The van der Waals surface area contributed by atoms with Gasteiger partial charge in [0.25, 0.3) is 0 Å². The first-order valence-corrected chi connectivity index (χ1v) is 10.3. The van der Waals surface area contributed by atoms with E-state index in [2.05, 4.69) is 9.88 Å². The van der Waals surface area contributed by atoms with Gasteiger partial charge >= 0.3 is 0 Å². The number of carbonyl (C=O) groups excluding carboxylic acids is 2. The SMILES string of the molecule is CC(=O)N(CCN1CCCCC1)C1CCCN(C(=O)Cc2cccnc2)C1.